The van der Waals surface area contributed by atoms with Gasteiger partial charge in [0.15, 0.2) is 11.9 Å². The Labute approximate surface area is 157 Å². The Morgan fingerprint density at radius 3 is 2.46 bits per heavy atom. The predicted molar refractivity (Wildman–Crippen MR) is 97.5 cm³/mol. The normalized spacial score (nSPS) is 15.7. The maximum atomic E-state index is 12.6. The highest BCUT2D eigenvalue weighted by molar-refractivity contribution is 6.31. The molecule has 6 nitrogen and oxygen atoms in total. The van der Waals surface area contributed by atoms with Gasteiger partial charge >= 0.3 is 0 Å². The van der Waals surface area contributed by atoms with Crippen molar-refractivity contribution in [2.45, 2.75) is 20.0 Å². The number of carbonyl (C=O) groups excluding carboxylic acids is 2. The second-order valence-corrected chi connectivity index (χ2v) is 6.67. The minimum absolute atomic E-state index is 0.0947. The standard InChI is InChI=1S/C19H21ClN2O4/c1-13-12-15(5-6-16(13)20)26-14(2)18(23)21-7-9-22(10-8-21)19(24)17-4-3-11-25-17/h3-6,11-12,14H,7-10H2,1-2H3/t14-/m1/s1. The van der Waals surface area contributed by atoms with E-state index in [0.717, 1.165) is 5.56 Å². The van der Waals surface area contributed by atoms with E-state index in [-0.39, 0.29) is 11.8 Å². The van der Waals surface area contributed by atoms with E-state index in [1.54, 1.807) is 41.0 Å². The molecule has 0 radical (unpaired) electrons. The van der Waals surface area contributed by atoms with Gasteiger partial charge in [0.25, 0.3) is 11.8 Å². The number of piperazine rings is 1. The largest absolute Gasteiger partial charge is 0.481 e. The molecule has 1 atom stereocenters. The lowest BCUT2D eigenvalue weighted by Crippen LogP contribution is -2.53. The summed E-state index contributed by atoms with van der Waals surface area (Å²) in [5.74, 6) is 0.685. The van der Waals surface area contributed by atoms with E-state index in [0.29, 0.717) is 42.7 Å². The molecule has 1 aromatic carbocycles. The first-order valence-electron chi connectivity index (χ1n) is 8.50. The number of benzene rings is 1. The van der Waals surface area contributed by atoms with Crippen LogP contribution in [0, 0.1) is 6.92 Å². The van der Waals surface area contributed by atoms with E-state index >= 15 is 0 Å². The summed E-state index contributed by atoms with van der Waals surface area (Å²) in [7, 11) is 0. The molecule has 7 heteroatoms. The number of halogens is 1. The molecule has 1 aliphatic heterocycles. The van der Waals surface area contributed by atoms with Gasteiger partial charge in [0.05, 0.1) is 6.26 Å². The number of ether oxygens (including phenoxy) is 1. The minimum atomic E-state index is -0.608. The number of furan rings is 1. The zero-order valence-electron chi connectivity index (χ0n) is 14.8. The molecule has 1 aromatic heterocycles. The molecule has 26 heavy (non-hydrogen) atoms. The quantitative estimate of drug-likeness (QED) is 0.822. The van der Waals surface area contributed by atoms with E-state index in [1.807, 2.05) is 13.0 Å². The molecule has 0 spiro atoms. The molecule has 0 N–H and O–H groups in total. The topological polar surface area (TPSA) is 63.0 Å². The van der Waals surface area contributed by atoms with Crippen molar-refractivity contribution in [1.82, 2.24) is 9.80 Å². The fraction of sp³-hybridized carbons (Fsp3) is 0.368. The third kappa shape index (κ3) is 4.02. The fourth-order valence-electron chi connectivity index (χ4n) is 2.89. The highest BCUT2D eigenvalue weighted by Crippen LogP contribution is 2.22. The molecule has 0 aliphatic carbocycles. The van der Waals surface area contributed by atoms with Crippen molar-refractivity contribution in [3.8, 4) is 5.75 Å². The molecule has 1 fully saturated rings. The van der Waals surface area contributed by atoms with Crippen molar-refractivity contribution in [3.05, 3.63) is 52.9 Å². The lowest BCUT2D eigenvalue weighted by molar-refractivity contribution is -0.139. The number of aryl methyl sites for hydroxylation is 1. The first-order chi connectivity index (χ1) is 12.5. The van der Waals surface area contributed by atoms with Gasteiger partial charge in [-0.3, -0.25) is 9.59 Å². The average molecular weight is 377 g/mol. The van der Waals surface area contributed by atoms with Gasteiger partial charge in [0.2, 0.25) is 0 Å². The van der Waals surface area contributed by atoms with E-state index in [4.69, 9.17) is 20.8 Å². The van der Waals surface area contributed by atoms with Crippen molar-refractivity contribution in [3.63, 3.8) is 0 Å². The second-order valence-electron chi connectivity index (χ2n) is 6.27. The summed E-state index contributed by atoms with van der Waals surface area (Å²) in [5.41, 5.74) is 0.897. The van der Waals surface area contributed by atoms with Gasteiger partial charge in [-0.1, -0.05) is 11.6 Å². The van der Waals surface area contributed by atoms with Crippen LogP contribution in [0.2, 0.25) is 5.02 Å². The Hall–Kier alpha value is -2.47. The van der Waals surface area contributed by atoms with Gasteiger partial charge in [-0.2, -0.15) is 0 Å². The predicted octanol–water partition coefficient (Wildman–Crippen LogP) is 2.99. The number of hydrogen-bond acceptors (Lipinski definition) is 4. The molecule has 0 unspecified atom stereocenters. The minimum Gasteiger partial charge on any atom is -0.481 e. The first kappa shape index (κ1) is 18.3. The molecule has 1 aliphatic rings. The monoisotopic (exact) mass is 376 g/mol. The number of rotatable bonds is 4. The summed E-state index contributed by atoms with van der Waals surface area (Å²) in [5, 5.41) is 0.661. The molecule has 3 rings (SSSR count). The summed E-state index contributed by atoms with van der Waals surface area (Å²) in [4.78, 5) is 28.3. The SMILES string of the molecule is Cc1cc(O[C@H](C)C(=O)N2CCN(C(=O)c3ccco3)CC2)ccc1Cl. The Kier molecular flexibility index (Phi) is 5.52. The van der Waals surface area contributed by atoms with Crippen molar-refractivity contribution in [1.29, 1.82) is 0 Å². The van der Waals surface area contributed by atoms with Crippen LogP contribution in [0.3, 0.4) is 0 Å². The molecule has 138 valence electrons. The van der Waals surface area contributed by atoms with Crippen LogP contribution in [0.1, 0.15) is 23.0 Å². The third-order valence-corrected chi connectivity index (χ3v) is 4.82. The van der Waals surface area contributed by atoms with Crippen LogP contribution in [-0.2, 0) is 4.79 Å². The molecule has 2 aromatic rings. The van der Waals surface area contributed by atoms with E-state index in [1.165, 1.54) is 6.26 Å². The van der Waals surface area contributed by atoms with Crippen LogP contribution in [0.15, 0.2) is 41.0 Å². The Morgan fingerprint density at radius 1 is 1.15 bits per heavy atom. The van der Waals surface area contributed by atoms with Crippen molar-refractivity contribution < 1.29 is 18.7 Å². The number of nitrogens with zero attached hydrogens (tertiary/aromatic N) is 2. The van der Waals surface area contributed by atoms with E-state index < -0.39 is 6.10 Å². The van der Waals surface area contributed by atoms with Crippen molar-refractivity contribution in [2.75, 3.05) is 26.2 Å². The number of hydrogen-bond donors (Lipinski definition) is 0. The van der Waals surface area contributed by atoms with Crippen LogP contribution < -0.4 is 4.74 Å². The molecular weight excluding hydrogens is 356 g/mol. The Balaban J connectivity index is 1.54. The Morgan fingerprint density at radius 2 is 1.85 bits per heavy atom. The van der Waals surface area contributed by atoms with Gasteiger partial charge in [-0.05, 0) is 49.7 Å². The maximum absolute atomic E-state index is 12.6. The van der Waals surface area contributed by atoms with Crippen LogP contribution in [0.5, 0.6) is 5.75 Å². The summed E-state index contributed by atoms with van der Waals surface area (Å²) < 4.78 is 10.9. The molecule has 0 bridgehead atoms. The number of carbonyl (C=O) groups is 2. The summed E-state index contributed by atoms with van der Waals surface area (Å²) in [6.07, 6.45) is 0.868. The van der Waals surface area contributed by atoms with Crippen molar-refractivity contribution in [2.24, 2.45) is 0 Å². The lowest BCUT2D eigenvalue weighted by atomic mass is 10.2. The third-order valence-electron chi connectivity index (χ3n) is 4.40. The molecular formula is C19H21ClN2O4. The molecule has 1 saturated heterocycles. The maximum Gasteiger partial charge on any atom is 0.289 e. The van der Waals surface area contributed by atoms with E-state index in [2.05, 4.69) is 0 Å². The highest BCUT2D eigenvalue weighted by Gasteiger charge is 2.29. The van der Waals surface area contributed by atoms with Gasteiger partial charge in [0.1, 0.15) is 5.75 Å². The van der Waals surface area contributed by atoms with Gasteiger partial charge in [-0.15, -0.1) is 0 Å². The summed E-state index contributed by atoms with van der Waals surface area (Å²) in [6, 6.07) is 8.64. The lowest BCUT2D eigenvalue weighted by Gasteiger charge is -2.35. The summed E-state index contributed by atoms with van der Waals surface area (Å²) >= 11 is 6.01. The Bertz CT molecular complexity index is 783. The van der Waals surface area contributed by atoms with Crippen LogP contribution >= 0.6 is 11.6 Å². The van der Waals surface area contributed by atoms with Crippen molar-refractivity contribution >= 4 is 23.4 Å². The second kappa shape index (κ2) is 7.83. The summed E-state index contributed by atoms with van der Waals surface area (Å²) in [6.45, 7) is 5.50. The smallest absolute Gasteiger partial charge is 0.289 e. The van der Waals surface area contributed by atoms with E-state index in [9.17, 15) is 9.59 Å². The zero-order valence-corrected chi connectivity index (χ0v) is 15.5. The molecule has 2 amide bonds. The van der Waals surface area contributed by atoms with Crippen LogP contribution in [0.4, 0.5) is 0 Å². The van der Waals surface area contributed by atoms with Gasteiger partial charge in [-0.25, -0.2) is 0 Å². The fourth-order valence-corrected chi connectivity index (χ4v) is 3.01. The highest BCUT2D eigenvalue weighted by atomic mass is 35.5. The zero-order chi connectivity index (χ0) is 18.7. The van der Waals surface area contributed by atoms with Gasteiger partial charge in [0, 0.05) is 31.2 Å². The van der Waals surface area contributed by atoms with Crippen LogP contribution in [-0.4, -0.2) is 53.9 Å². The first-order valence-corrected chi connectivity index (χ1v) is 8.88. The molecule has 2 heterocycles. The van der Waals surface area contributed by atoms with Gasteiger partial charge < -0.3 is 19.0 Å². The van der Waals surface area contributed by atoms with Crippen LogP contribution in [0.25, 0.3) is 0 Å². The molecule has 0 saturated carbocycles. The number of amides is 2. The average Bonchev–Trinajstić information content (AvgIpc) is 3.18.